The number of nitriles is 1. The highest BCUT2D eigenvalue weighted by Gasteiger charge is 2.18. The number of hydrogen-bond acceptors (Lipinski definition) is 4. The van der Waals surface area contributed by atoms with Crippen LogP contribution in [0.5, 0.6) is 0 Å². The van der Waals surface area contributed by atoms with E-state index in [1.807, 2.05) is 6.07 Å². The van der Waals surface area contributed by atoms with Crippen LogP contribution in [-0.4, -0.2) is 9.13 Å². The minimum atomic E-state index is -0.646. The van der Waals surface area contributed by atoms with E-state index in [0.717, 1.165) is 10.1 Å². The number of halogens is 2. The summed E-state index contributed by atoms with van der Waals surface area (Å²) in [4.78, 5) is 24.1. The lowest BCUT2D eigenvalue weighted by Crippen LogP contribution is -2.40. The Balaban J connectivity index is 2.54. The van der Waals surface area contributed by atoms with Crippen molar-refractivity contribution in [2.45, 2.75) is 13.0 Å². The molecule has 0 spiro atoms. The summed E-state index contributed by atoms with van der Waals surface area (Å²) in [5.74, 6) is 0.152. The summed E-state index contributed by atoms with van der Waals surface area (Å²) in [6.45, 7) is 1.80. The predicted octanol–water partition coefficient (Wildman–Crippen LogP) is 2.44. The zero-order valence-corrected chi connectivity index (χ0v) is 14.2. The van der Waals surface area contributed by atoms with Crippen molar-refractivity contribution in [1.82, 2.24) is 9.13 Å². The van der Waals surface area contributed by atoms with Gasteiger partial charge in [-0.2, -0.15) is 5.26 Å². The Labute approximate surface area is 142 Å². The van der Waals surface area contributed by atoms with Crippen LogP contribution in [0.25, 0.3) is 0 Å². The van der Waals surface area contributed by atoms with Crippen LogP contribution in [-0.2, 0) is 14.1 Å². The minimum Gasteiger partial charge on any atom is -0.364 e. The standard InChI is InChI=1S/C15H14Cl2N4O2/c1-8(10-5-4-9(16)6-12(10)17)19-13-11(7-18)14(22)21(3)15(23)20(13)2/h4-6,8,19H,1-3H3/t8-/m0/s1. The fraction of sp³-hybridized carbons (Fsp3) is 0.267. The molecule has 2 aromatic rings. The molecular formula is C15H14Cl2N4O2. The molecule has 0 saturated carbocycles. The second kappa shape index (κ2) is 6.49. The highest BCUT2D eigenvalue weighted by molar-refractivity contribution is 6.35. The number of aromatic nitrogens is 2. The Morgan fingerprint density at radius 3 is 2.43 bits per heavy atom. The molecule has 0 saturated heterocycles. The van der Waals surface area contributed by atoms with E-state index in [1.54, 1.807) is 25.1 Å². The number of nitrogens with one attached hydrogen (secondary N) is 1. The lowest BCUT2D eigenvalue weighted by Gasteiger charge is -2.20. The molecule has 0 aliphatic carbocycles. The van der Waals surface area contributed by atoms with Gasteiger partial charge in [0.15, 0.2) is 5.56 Å². The monoisotopic (exact) mass is 352 g/mol. The summed E-state index contributed by atoms with van der Waals surface area (Å²) in [7, 11) is 2.82. The largest absolute Gasteiger partial charge is 0.364 e. The first-order valence-corrected chi connectivity index (χ1v) is 7.45. The van der Waals surface area contributed by atoms with Crippen LogP contribution in [0, 0.1) is 11.3 Å². The lowest BCUT2D eigenvalue weighted by atomic mass is 10.1. The van der Waals surface area contributed by atoms with Crippen molar-refractivity contribution in [3.8, 4) is 6.07 Å². The molecular weight excluding hydrogens is 339 g/mol. The summed E-state index contributed by atoms with van der Waals surface area (Å²) in [5.41, 5.74) is -0.571. The van der Waals surface area contributed by atoms with Gasteiger partial charge in [0.2, 0.25) is 0 Å². The maximum absolute atomic E-state index is 12.1. The first-order valence-electron chi connectivity index (χ1n) is 6.69. The average molecular weight is 353 g/mol. The Morgan fingerprint density at radius 1 is 1.22 bits per heavy atom. The molecule has 0 fully saturated rings. The molecule has 1 N–H and O–H groups in total. The van der Waals surface area contributed by atoms with Crippen LogP contribution in [0.15, 0.2) is 27.8 Å². The normalized spacial score (nSPS) is 11.8. The lowest BCUT2D eigenvalue weighted by molar-refractivity contribution is 0.678. The van der Waals surface area contributed by atoms with Crippen molar-refractivity contribution >= 4 is 29.0 Å². The van der Waals surface area contributed by atoms with Gasteiger partial charge in [0.25, 0.3) is 5.56 Å². The Hall–Kier alpha value is -2.23. The maximum atomic E-state index is 12.1. The maximum Gasteiger partial charge on any atom is 0.332 e. The van der Waals surface area contributed by atoms with E-state index in [1.165, 1.54) is 18.7 Å². The van der Waals surface area contributed by atoms with Crippen LogP contribution >= 0.6 is 23.2 Å². The molecule has 120 valence electrons. The molecule has 1 atom stereocenters. The molecule has 23 heavy (non-hydrogen) atoms. The van der Waals surface area contributed by atoms with Crippen molar-refractivity contribution < 1.29 is 0 Å². The molecule has 1 aromatic heterocycles. The van der Waals surface area contributed by atoms with Gasteiger partial charge in [-0.25, -0.2) is 4.79 Å². The molecule has 1 aromatic carbocycles. The van der Waals surface area contributed by atoms with Gasteiger partial charge in [0.05, 0.1) is 6.04 Å². The zero-order valence-electron chi connectivity index (χ0n) is 12.7. The smallest absolute Gasteiger partial charge is 0.332 e. The van der Waals surface area contributed by atoms with Crippen molar-refractivity contribution in [1.29, 1.82) is 5.26 Å². The van der Waals surface area contributed by atoms with E-state index in [2.05, 4.69) is 5.32 Å². The second-order valence-corrected chi connectivity index (χ2v) is 5.92. The molecule has 1 heterocycles. The molecule has 0 aliphatic heterocycles. The number of rotatable bonds is 3. The predicted molar refractivity (Wildman–Crippen MR) is 90.1 cm³/mol. The third-order valence-corrected chi connectivity index (χ3v) is 4.12. The Kier molecular flexibility index (Phi) is 4.83. The Morgan fingerprint density at radius 2 is 1.87 bits per heavy atom. The molecule has 0 aliphatic rings. The third-order valence-electron chi connectivity index (χ3n) is 3.56. The fourth-order valence-corrected chi connectivity index (χ4v) is 2.82. The first-order chi connectivity index (χ1) is 10.8. The average Bonchev–Trinajstić information content (AvgIpc) is 2.50. The SMILES string of the molecule is C[C@H](Nc1c(C#N)c(=O)n(C)c(=O)n1C)c1ccc(Cl)cc1Cl. The quantitative estimate of drug-likeness (QED) is 0.919. The van der Waals surface area contributed by atoms with Gasteiger partial charge >= 0.3 is 5.69 Å². The van der Waals surface area contributed by atoms with Gasteiger partial charge in [-0.15, -0.1) is 0 Å². The van der Waals surface area contributed by atoms with E-state index in [-0.39, 0.29) is 17.4 Å². The Bertz CT molecular complexity index is 925. The van der Waals surface area contributed by atoms with Crippen LogP contribution in [0.3, 0.4) is 0 Å². The van der Waals surface area contributed by atoms with Gasteiger partial charge in [0.1, 0.15) is 11.9 Å². The number of nitrogens with zero attached hydrogens (tertiary/aromatic N) is 3. The first kappa shape index (κ1) is 17.1. The molecule has 0 amide bonds. The van der Waals surface area contributed by atoms with Crippen LogP contribution < -0.4 is 16.6 Å². The third kappa shape index (κ3) is 3.11. The minimum absolute atomic E-state index is 0.133. The number of benzene rings is 1. The van der Waals surface area contributed by atoms with E-state index in [4.69, 9.17) is 23.2 Å². The van der Waals surface area contributed by atoms with Crippen LogP contribution in [0.2, 0.25) is 10.0 Å². The number of anilines is 1. The molecule has 6 nitrogen and oxygen atoms in total. The van der Waals surface area contributed by atoms with Crippen molar-refractivity contribution in [2.24, 2.45) is 14.1 Å². The highest BCUT2D eigenvalue weighted by Crippen LogP contribution is 2.28. The van der Waals surface area contributed by atoms with Gasteiger partial charge in [-0.1, -0.05) is 29.3 Å². The second-order valence-electron chi connectivity index (χ2n) is 5.07. The van der Waals surface area contributed by atoms with Gasteiger partial charge < -0.3 is 5.32 Å². The van der Waals surface area contributed by atoms with Crippen molar-refractivity contribution in [3.05, 3.63) is 60.2 Å². The van der Waals surface area contributed by atoms with E-state index < -0.39 is 11.2 Å². The molecule has 0 bridgehead atoms. The van der Waals surface area contributed by atoms with E-state index >= 15 is 0 Å². The van der Waals surface area contributed by atoms with Gasteiger partial charge in [-0.3, -0.25) is 13.9 Å². The summed E-state index contributed by atoms with van der Waals surface area (Å²) in [6, 6.07) is 6.54. The topological polar surface area (TPSA) is 79.8 Å². The van der Waals surface area contributed by atoms with Crippen molar-refractivity contribution in [3.63, 3.8) is 0 Å². The van der Waals surface area contributed by atoms with Gasteiger partial charge in [0, 0.05) is 24.1 Å². The van der Waals surface area contributed by atoms with E-state index in [0.29, 0.717) is 10.0 Å². The summed E-state index contributed by atoms with van der Waals surface area (Å²) in [6.07, 6.45) is 0. The summed E-state index contributed by atoms with van der Waals surface area (Å²) in [5, 5.41) is 13.2. The fourth-order valence-electron chi connectivity index (χ4n) is 2.25. The van der Waals surface area contributed by atoms with Crippen LogP contribution in [0.1, 0.15) is 24.1 Å². The van der Waals surface area contributed by atoms with Crippen LogP contribution in [0.4, 0.5) is 5.82 Å². The zero-order chi connectivity index (χ0) is 17.3. The summed E-state index contributed by atoms with van der Waals surface area (Å²) >= 11 is 12.0. The highest BCUT2D eigenvalue weighted by atomic mass is 35.5. The molecule has 0 radical (unpaired) electrons. The summed E-state index contributed by atoms with van der Waals surface area (Å²) < 4.78 is 2.12. The van der Waals surface area contributed by atoms with Crippen molar-refractivity contribution in [2.75, 3.05) is 5.32 Å². The van der Waals surface area contributed by atoms with Gasteiger partial charge in [-0.05, 0) is 24.6 Å². The molecule has 8 heteroatoms. The molecule has 0 unspecified atom stereocenters. The number of hydrogen-bond donors (Lipinski definition) is 1. The van der Waals surface area contributed by atoms with E-state index in [9.17, 15) is 14.9 Å². The molecule has 2 rings (SSSR count).